The first-order valence-corrected chi connectivity index (χ1v) is 6.66. The number of nitrogens with zero attached hydrogens (tertiary/aromatic N) is 2. The van der Waals surface area contributed by atoms with Gasteiger partial charge in [0.05, 0.1) is 6.21 Å². The molecule has 0 spiro atoms. The standard InChI is InChI=1S/C9H12N2O2S2/c1-14-4-2-7(9(12)13)11-6-8-10-3-5-15-8/h3,5-7H,2,4H2,1H3,(H,12,13). The number of aliphatic carboxylic acids is 1. The molecule has 1 aromatic rings. The zero-order chi connectivity index (χ0) is 11.1. The number of thioether (sulfide) groups is 1. The first-order valence-electron chi connectivity index (χ1n) is 4.38. The average Bonchev–Trinajstić information content (AvgIpc) is 2.70. The third-order valence-corrected chi connectivity index (χ3v) is 3.05. The van der Waals surface area contributed by atoms with Gasteiger partial charge in [-0.15, -0.1) is 11.3 Å². The van der Waals surface area contributed by atoms with E-state index in [9.17, 15) is 4.79 Å². The van der Waals surface area contributed by atoms with Crippen LogP contribution in [0.1, 0.15) is 11.4 Å². The Balaban J connectivity index is 2.54. The van der Waals surface area contributed by atoms with Crippen LogP contribution in [0.2, 0.25) is 0 Å². The molecular weight excluding hydrogens is 232 g/mol. The van der Waals surface area contributed by atoms with Crippen LogP contribution in [0.15, 0.2) is 16.6 Å². The zero-order valence-corrected chi connectivity index (χ0v) is 9.92. The maximum absolute atomic E-state index is 10.8. The maximum Gasteiger partial charge on any atom is 0.328 e. The molecule has 1 heterocycles. The number of aliphatic imine (C=N–C) groups is 1. The molecule has 4 nitrogen and oxygen atoms in total. The lowest BCUT2D eigenvalue weighted by Crippen LogP contribution is -2.18. The molecule has 0 aromatic carbocycles. The normalized spacial score (nSPS) is 13.1. The molecule has 6 heteroatoms. The van der Waals surface area contributed by atoms with E-state index >= 15 is 0 Å². The third kappa shape index (κ3) is 4.44. The smallest absolute Gasteiger partial charge is 0.328 e. The van der Waals surface area contributed by atoms with E-state index in [1.807, 2.05) is 11.6 Å². The van der Waals surface area contributed by atoms with Gasteiger partial charge in [0.2, 0.25) is 0 Å². The van der Waals surface area contributed by atoms with Crippen molar-refractivity contribution in [2.24, 2.45) is 4.99 Å². The van der Waals surface area contributed by atoms with Crippen LogP contribution < -0.4 is 0 Å². The van der Waals surface area contributed by atoms with E-state index in [2.05, 4.69) is 9.98 Å². The molecule has 1 rings (SSSR count). The first-order chi connectivity index (χ1) is 7.24. The van der Waals surface area contributed by atoms with E-state index in [1.54, 1.807) is 18.0 Å². The summed E-state index contributed by atoms with van der Waals surface area (Å²) >= 11 is 3.06. The van der Waals surface area contributed by atoms with Crippen LogP contribution in [0.3, 0.4) is 0 Å². The maximum atomic E-state index is 10.8. The summed E-state index contributed by atoms with van der Waals surface area (Å²) in [5, 5.41) is 11.5. The minimum Gasteiger partial charge on any atom is -0.480 e. The predicted molar refractivity (Wildman–Crippen MR) is 64.1 cm³/mol. The van der Waals surface area contributed by atoms with Gasteiger partial charge in [0.25, 0.3) is 0 Å². The van der Waals surface area contributed by atoms with Crippen LogP contribution >= 0.6 is 23.1 Å². The summed E-state index contributed by atoms with van der Waals surface area (Å²) in [4.78, 5) is 18.8. The molecular formula is C9H12N2O2S2. The summed E-state index contributed by atoms with van der Waals surface area (Å²) in [6.45, 7) is 0. The van der Waals surface area contributed by atoms with Crippen molar-refractivity contribution in [1.82, 2.24) is 4.98 Å². The van der Waals surface area contributed by atoms with Gasteiger partial charge in [-0.05, 0) is 18.4 Å². The largest absolute Gasteiger partial charge is 0.480 e. The highest BCUT2D eigenvalue weighted by atomic mass is 32.2. The van der Waals surface area contributed by atoms with Crippen LogP contribution in [0.4, 0.5) is 0 Å². The molecule has 0 radical (unpaired) electrons. The van der Waals surface area contributed by atoms with Gasteiger partial charge in [-0.3, -0.25) is 4.99 Å². The van der Waals surface area contributed by atoms with Gasteiger partial charge in [-0.25, -0.2) is 9.78 Å². The van der Waals surface area contributed by atoms with E-state index in [0.717, 1.165) is 10.8 Å². The molecule has 0 aliphatic heterocycles. The van der Waals surface area contributed by atoms with Crippen LogP contribution in [0.5, 0.6) is 0 Å². The second-order valence-electron chi connectivity index (χ2n) is 2.78. The van der Waals surface area contributed by atoms with Crippen molar-refractivity contribution < 1.29 is 9.90 Å². The van der Waals surface area contributed by atoms with Gasteiger partial charge in [-0.2, -0.15) is 11.8 Å². The Hall–Kier alpha value is -0.880. The quantitative estimate of drug-likeness (QED) is 0.775. The fraction of sp³-hybridized carbons (Fsp3) is 0.444. The Morgan fingerprint density at radius 2 is 2.67 bits per heavy atom. The van der Waals surface area contributed by atoms with Gasteiger partial charge >= 0.3 is 5.97 Å². The molecule has 0 aliphatic carbocycles. The molecule has 0 amide bonds. The summed E-state index contributed by atoms with van der Waals surface area (Å²) in [5.74, 6) is -0.0801. The fourth-order valence-electron chi connectivity index (χ4n) is 0.943. The Bertz CT molecular complexity index is 325. The molecule has 1 N–H and O–H groups in total. The number of carbonyl (C=O) groups is 1. The summed E-state index contributed by atoms with van der Waals surface area (Å²) in [7, 11) is 0. The van der Waals surface area contributed by atoms with Crippen LogP contribution in [-0.4, -0.2) is 40.3 Å². The number of aromatic nitrogens is 1. The van der Waals surface area contributed by atoms with Crippen molar-refractivity contribution in [2.75, 3.05) is 12.0 Å². The molecule has 1 unspecified atom stereocenters. The van der Waals surface area contributed by atoms with Crippen molar-refractivity contribution >= 4 is 35.3 Å². The van der Waals surface area contributed by atoms with E-state index in [0.29, 0.717) is 6.42 Å². The SMILES string of the molecule is CSCCC(N=Cc1nccs1)C(=O)O. The van der Waals surface area contributed by atoms with Gasteiger partial charge in [-0.1, -0.05) is 0 Å². The Labute approximate surface area is 96.5 Å². The summed E-state index contributed by atoms with van der Waals surface area (Å²) in [5.41, 5.74) is 0. The van der Waals surface area contributed by atoms with Gasteiger partial charge in [0.15, 0.2) is 0 Å². The highest BCUT2D eigenvalue weighted by Crippen LogP contribution is 2.06. The van der Waals surface area contributed by atoms with E-state index < -0.39 is 12.0 Å². The van der Waals surface area contributed by atoms with E-state index in [-0.39, 0.29) is 0 Å². The summed E-state index contributed by atoms with van der Waals surface area (Å²) in [6.07, 6.45) is 5.70. The van der Waals surface area contributed by atoms with Gasteiger partial charge < -0.3 is 5.11 Å². The van der Waals surface area contributed by atoms with Crippen molar-refractivity contribution in [3.63, 3.8) is 0 Å². The van der Waals surface area contributed by atoms with Crippen LogP contribution in [-0.2, 0) is 4.79 Å². The number of rotatable bonds is 6. The molecule has 0 saturated heterocycles. The van der Waals surface area contributed by atoms with Gasteiger partial charge in [0, 0.05) is 11.6 Å². The molecule has 82 valence electrons. The lowest BCUT2D eigenvalue weighted by Gasteiger charge is -2.04. The van der Waals surface area contributed by atoms with Gasteiger partial charge in [0.1, 0.15) is 11.0 Å². The lowest BCUT2D eigenvalue weighted by molar-refractivity contribution is -0.138. The lowest BCUT2D eigenvalue weighted by atomic mass is 10.2. The Kier molecular flexibility index (Phi) is 5.34. The predicted octanol–water partition coefficient (Wildman–Crippen LogP) is 1.77. The highest BCUT2D eigenvalue weighted by Gasteiger charge is 2.14. The van der Waals surface area contributed by atoms with Crippen LogP contribution in [0, 0.1) is 0 Å². The van der Waals surface area contributed by atoms with Crippen molar-refractivity contribution in [2.45, 2.75) is 12.5 Å². The fourth-order valence-corrected chi connectivity index (χ4v) is 1.91. The minimum absolute atomic E-state index is 0.554. The van der Waals surface area contributed by atoms with Crippen LogP contribution in [0.25, 0.3) is 0 Å². The van der Waals surface area contributed by atoms with E-state index in [1.165, 1.54) is 17.6 Å². The molecule has 1 aromatic heterocycles. The highest BCUT2D eigenvalue weighted by molar-refractivity contribution is 7.98. The number of carboxylic acids is 1. The Morgan fingerprint density at radius 3 is 3.20 bits per heavy atom. The topological polar surface area (TPSA) is 62.5 Å². The summed E-state index contributed by atoms with van der Waals surface area (Å²) in [6, 6.07) is -0.652. The molecule has 0 fully saturated rings. The van der Waals surface area contributed by atoms with Crippen molar-refractivity contribution in [3.8, 4) is 0 Å². The molecule has 15 heavy (non-hydrogen) atoms. The number of carboxylic acid groups (broad SMARTS) is 1. The Morgan fingerprint density at radius 1 is 1.87 bits per heavy atom. The molecule has 1 atom stereocenters. The summed E-state index contributed by atoms with van der Waals surface area (Å²) < 4.78 is 0. The van der Waals surface area contributed by atoms with E-state index in [4.69, 9.17) is 5.11 Å². The van der Waals surface area contributed by atoms with Crippen molar-refractivity contribution in [3.05, 3.63) is 16.6 Å². The number of hydrogen-bond acceptors (Lipinski definition) is 5. The molecule has 0 bridgehead atoms. The second kappa shape index (κ2) is 6.58. The first kappa shape index (κ1) is 12.2. The zero-order valence-electron chi connectivity index (χ0n) is 8.29. The molecule has 0 aliphatic rings. The van der Waals surface area contributed by atoms with Crippen molar-refractivity contribution in [1.29, 1.82) is 0 Å². The third-order valence-electron chi connectivity index (χ3n) is 1.70. The number of hydrogen-bond donors (Lipinski definition) is 1. The number of thiazole rings is 1. The monoisotopic (exact) mass is 244 g/mol. The second-order valence-corrected chi connectivity index (χ2v) is 4.70. The average molecular weight is 244 g/mol. The molecule has 0 saturated carbocycles. The minimum atomic E-state index is -0.878.